The molecule has 34 heavy (non-hydrogen) atoms. The van der Waals surface area contributed by atoms with Crippen molar-refractivity contribution in [3.05, 3.63) is 88.3 Å². The molecule has 1 unspecified atom stereocenters. The van der Waals surface area contributed by atoms with Gasteiger partial charge in [-0.05, 0) is 54.5 Å². The molecule has 0 aliphatic carbocycles. The number of carbonyl (C=O) groups excluding carboxylic acids is 2. The Hall–Kier alpha value is -3.71. The van der Waals surface area contributed by atoms with Gasteiger partial charge < -0.3 is 19.7 Å². The third-order valence-electron chi connectivity index (χ3n) is 5.67. The predicted molar refractivity (Wildman–Crippen MR) is 136 cm³/mol. The topological polar surface area (TPSA) is 67.9 Å². The molecule has 4 rings (SSSR count). The van der Waals surface area contributed by atoms with Crippen LogP contribution in [-0.4, -0.2) is 33.1 Å². The van der Waals surface area contributed by atoms with E-state index in [0.717, 1.165) is 16.0 Å². The molecule has 0 radical (unpaired) electrons. The van der Waals surface area contributed by atoms with Crippen molar-refractivity contribution in [1.29, 1.82) is 0 Å². The third kappa shape index (κ3) is 4.79. The van der Waals surface area contributed by atoms with Gasteiger partial charge in [-0.15, -0.1) is 0 Å². The monoisotopic (exact) mass is 474 g/mol. The van der Waals surface area contributed by atoms with Crippen LogP contribution in [0.5, 0.6) is 11.5 Å². The van der Waals surface area contributed by atoms with Crippen molar-refractivity contribution in [2.45, 2.75) is 17.9 Å². The first-order valence-electron chi connectivity index (χ1n) is 10.8. The second-order valence-electron chi connectivity index (χ2n) is 7.88. The maximum Gasteiger partial charge on any atom is 0.264 e. The molecule has 0 aromatic heterocycles. The van der Waals surface area contributed by atoms with E-state index in [-0.39, 0.29) is 17.9 Å². The van der Waals surface area contributed by atoms with Gasteiger partial charge in [0.05, 0.1) is 30.9 Å². The number of methoxy groups -OCH3 is 2. The van der Waals surface area contributed by atoms with Crippen LogP contribution in [0.2, 0.25) is 0 Å². The van der Waals surface area contributed by atoms with Crippen LogP contribution in [0.25, 0.3) is 6.08 Å². The molecule has 6 nitrogen and oxygen atoms in total. The molecule has 1 aliphatic heterocycles. The normalized spacial score (nSPS) is 15.0. The number of carbonyl (C=O) groups is 2. The average molecular weight is 475 g/mol. The van der Waals surface area contributed by atoms with Gasteiger partial charge in [-0.1, -0.05) is 48.2 Å². The summed E-state index contributed by atoms with van der Waals surface area (Å²) in [6, 6.07) is 20.6. The zero-order valence-corrected chi connectivity index (χ0v) is 20.3. The lowest BCUT2D eigenvalue weighted by atomic mass is 10.1. The minimum Gasteiger partial charge on any atom is -0.493 e. The van der Waals surface area contributed by atoms with E-state index < -0.39 is 0 Å². The number of fused-ring (bicyclic) bond motifs is 1. The minimum atomic E-state index is -0.184. The van der Waals surface area contributed by atoms with Gasteiger partial charge in [0.1, 0.15) is 0 Å². The number of amides is 2. The highest BCUT2D eigenvalue weighted by Crippen LogP contribution is 2.42. The lowest BCUT2D eigenvalue weighted by Crippen LogP contribution is -2.31. The van der Waals surface area contributed by atoms with Gasteiger partial charge in [0.15, 0.2) is 11.5 Å². The van der Waals surface area contributed by atoms with Gasteiger partial charge in [0, 0.05) is 17.5 Å². The molecule has 1 N–H and O–H groups in total. The first-order chi connectivity index (χ1) is 16.4. The van der Waals surface area contributed by atoms with E-state index in [2.05, 4.69) is 5.32 Å². The van der Waals surface area contributed by atoms with Crippen molar-refractivity contribution in [2.24, 2.45) is 0 Å². The summed E-state index contributed by atoms with van der Waals surface area (Å²) in [5.74, 6) is 0.903. The van der Waals surface area contributed by atoms with Crippen LogP contribution in [0.15, 0.2) is 76.5 Å². The second kappa shape index (κ2) is 10.1. The summed E-state index contributed by atoms with van der Waals surface area (Å²) in [5.41, 5.74) is 3.08. The van der Waals surface area contributed by atoms with Crippen molar-refractivity contribution < 1.29 is 19.1 Å². The smallest absolute Gasteiger partial charge is 0.264 e. The quantitative estimate of drug-likeness (QED) is 0.491. The Morgan fingerprint density at radius 3 is 2.44 bits per heavy atom. The van der Waals surface area contributed by atoms with Crippen molar-refractivity contribution in [2.75, 3.05) is 26.2 Å². The fraction of sp³-hybridized carbons (Fsp3) is 0.185. The van der Waals surface area contributed by atoms with Crippen molar-refractivity contribution in [3.63, 3.8) is 0 Å². The molecule has 0 bridgehead atoms. The lowest BCUT2D eigenvalue weighted by molar-refractivity contribution is -0.114. The number of nitrogens with one attached hydrogen (secondary N) is 1. The minimum absolute atomic E-state index is 0.130. The van der Waals surface area contributed by atoms with Crippen molar-refractivity contribution >= 4 is 35.3 Å². The summed E-state index contributed by atoms with van der Waals surface area (Å²) < 4.78 is 10.7. The van der Waals surface area contributed by atoms with Crippen LogP contribution in [0.1, 0.15) is 34.5 Å². The van der Waals surface area contributed by atoms with E-state index in [4.69, 9.17) is 9.47 Å². The van der Waals surface area contributed by atoms with E-state index in [1.807, 2.05) is 67.6 Å². The molecule has 1 aliphatic rings. The number of benzene rings is 3. The third-order valence-corrected chi connectivity index (χ3v) is 6.75. The highest BCUT2D eigenvalue weighted by Gasteiger charge is 2.27. The van der Waals surface area contributed by atoms with E-state index in [0.29, 0.717) is 27.7 Å². The van der Waals surface area contributed by atoms with Gasteiger partial charge in [0.2, 0.25) is 0 Å². The molecular weight excluding hydrogens is 448 g/mol. The fourth-order valence-electron chi connectivity index (χ4n) is 3.73. The van der Waals surface area contributed by atoms with E-state index in [9.17, 15) is 9.59 Å². The number of rotatable bonds is 6. The summed E-state index contributed by atoms with van der Waals surface area (Å²) in [5, 5.41) is 3.02. The summed E-state index contributed by atoms with van der Waals surface area (Å²) in [7, 11) is 4.88. The molecule has 1 heterocycles. The first kappa shape index (κ1) is 23.4. The molecule has 7 heteroatoms. The van der Waals surface area contributed by atoms with Crippen molar-refractivity contribution in [1.82, 2.24) is 5.32 Å². The molecule has 2 amide bonds. The molecular formula is C27H26N2O4S. The van der Waals surface area contributed by atoms with Crippen LogP contribution in [0, 0.1) is 0 Å². The largest absolute Gasteiger partial charge is 0.493 e. The SMILES string of the molecule is COc1ccc(/C=C2\Sc3ccc(C(=O)NC(C)c4ccccc4)cc3N(C)C2=O)cc1OC. The van der Waals surface area contributed by atoms with E-state index in [1.54, 1.807) is 38.3 Å². The number of ether oxygens (including phenoxy) is 2. The maximum absolute atomic E-state index is 13.1. The molecule has 1 atom stereocenters. The molecule has 0 fully saturated rings. The Morgan fingerprint density at radius 2 is 1.74 bits per heavy atom. The molecule has 0 saturated heterocycles. The van der Waals surface area contributed by atoms with Gasteiger partial charge in [0.25, 0.3) is 11.8 Å². The number of anilines is 1. The van der Waals surface area contributed by atoms with Crippen LogP contribution < -0.4 is 19.7 Å². The number of thioether (sulfide) groups is 1. The van der Waals surface area contributed by atoms with Gasteiger partial charge in [-0.3, -0.25) is 9.59 Å². The zero-order valence-electron chi connectivity index (χ0n) is 19.5. The Labute approximate surface area is 203 Å². The Bertz CT molecular complexity index is 1260. The highest BCUT2D eigenvalue weighted by atomic mass is 32.2. The molecule has 3 aromatic rings. The van der Waals surface area contributed by atoms with E-state index in [1.165, 1.54) is 11.8 Å². The van der Waals surface area contributed by atoms with Gasteiger partial charge in [-0.25, -0.2) is 0 Å². The Kier molecular flexibility index (Phi) is 6.93. The summed E-state index contributed by atoms with van der Waals surface area (Å²) in [4.78, 5) is 29.0. The molecule has 174 valence electrons. The molecule has 3 aromatic carbocycles. The number of likely N-dealkylation sites (N-methyl/N-ethyl adjacent to an activating group) is 1. The van der Waals surface area contributed by atoms with Crippen molar-refractivity contribution in [3.8, 4) is 11.5 Å². The number of nitrogens with zero attached hydrogens (tertiary/aromatic N) is 1. The predicted octanol–water partition coefficient (Wildman–Crippen LogP) is 5.30. The standard InChI is InChI=1S/C27H26N2O4S/c1-17(19-8-6-5-7-9-19)28-26(30)20-11-13-24-21(16-20)29(2)27(31)25(34-24)15-18-10-12-22(32-3)23(14-18)33-4/h5-17H,1-4H3,(H,28,30)/b25-15-. The zero-order chi connectivity index (χ0) is 24.2. The first-order valence-corrected chi connectivity index (χ1v) is 11.6. The van der Waals surface area contributed by atoms with Crippen LogP contribution >= 0.6 is 11.8 Å². The lowest BCUT2D eigenvalue weighted by Gasteiger charge is -2.27. The fourth-order valence-corrected chi connectivity index (χ4v) is 4.83. The van der Waals surface area contributed by atoms with Crippen LogP contribution in [-0.2, 0) is 4.79 Å². The number of hydrogen-bond acceptors (Lipinski definition) is 5. The summed E-state index contributed by atoms with van der Waals surface area (Å²) >= 11 is 1.38. The second-order valence-corrected chi connectivity index (χ2v) is 8.96. The summed E-state index contributed by atoms with van der Waals surface area (Å²) in [6.07, 6.45) is 1.83. The van der Waals surface area contributed by atoms with Gasteiger partial charge >= 0.3 is 0 Å². The Morgan fingerprint density at radius 1 is 1.00 bits per heavy atom. The van der Waals surface area contributed by atoms with E-state index >= 15 is 0 Å². The highest BCUT2D eigenvalue weighted by molar-refractivity contribution is 8.04. The van der Waals surface area contributed by atoms with Crippen LogP contribution in [0.3, 0.4) is 0 Å². The molecule has 0 saturated carbocycles. The van der Waals surface area contributed by atoms with Crippen LogP contribution in [0.4, 0.5) is 5.69 Å². The number of hydrogen-bond donors (Lipinski definition) is 1. The average Bonchev–Trinajstić information content (AvgIpc) is 2.87. The molecule has 0 spiro atoms. The summed E-state index contributed by atoms with van der Waals surface area (Å²) in [6.45, 7) is 1.95. The van der Waals surface area contributed by atoms with Gasteiger partial charge in [-0.2, -0.15) is 0 Å². The maximum atomic E-state index is 13.1. The Balaban J connectivity index is 1.56.